The predicted octanol–water partition coefficient (Wildman–Crippen LogP) is 0.0948. The van der Waals surface area contributed by atoms with Crippen LogP contribution in [0.3, 0.4) is 0 Å². The monoisotopic (exact) mass is 202 g/mol. The molecule has 1 atom stereocenters. The number of nitrogens with two attached hydrogens (primary N) is 1. The van der Waals surface area contributed by atoms with Crippen LogP contribution < -0.4 is 11.1 Å². The van der Waals surface area contributed by atoms with Crippen LogP contribution in [-0.4, -0.2) is 29.6 Å². The molecule has 0 fully saturated rings. The summed E-state index contributed by atoms with van der Waals surface area (Å²) >= 11 is 0. The van der Waals surface area contributed by atoms with E-state index < -0.39 is 5.97 Å². The molecular formula is C9H18N2O3. The van der Waals surface area contributed by atoms with Crippen LogP contribution in [-0.2, 0) is 9.59 Å². The van der Waals surface area contributed by atoms with Gasteiger partial charge in [-0.05, 0) is 12.8 Å². The van der Waals surface area contributed by atoms with Crippen molar-refractivity contribution < 1.29 is 14.7 Å². The molecule has 1 unspecified atom stereocenters. The lowest BCUT2D eigenvalue weighted by Gasteiger charge is -2.08. The lowest BCUT2D eigenvalue weighted by molar-refractivity contribution is -0.137. The lowest BCUT2D eigenvalue weighted by Crippen LogP contribution is -2.31. The van der Waals surface area contributed by atoms with Gasteiger partial charge < -0.3 is 16.2 Å². The van der Waals surface area contributed by atoms with Crippen molar-refractivity contribution in [2.24, 2.45) is 5.73 Å². The number of carbonyl (C=O) groups is 2. The largest absolute Gasteiger partial charge is 0.481 e. The molecule has 0 aromatic carbocycles. The van der Waals surface area contributed by atoms with Crippen molar-refractivity contribution in [3.8, 4) is 0 Å². The molecule has 0 heterocycles. The van der Waals surface area contributed by atoms with Crippen LogP contribution in [0.5, 0.6) is 0 Å². The molecule has 5 heteroatoms. The topological polar surface area (TPSA) is 92.4 Å². The minimum atomic E-state index is -0.843. The quantitative estimate of drug-likeness (QED) is 0.510. The summed E-state index contributed by atoms with van der Waals surface area (Å²) in [5.74, 6) is -0.950. The summed E-state index contributed by atoms with van der Waals surface area (Å²) < 4.78 is 0. The molecule has 0 aromatic heterocycles. The van der Waals surface area contributed by atoms with Gasteiger partial charge in [0.05, 0.1) is 0 Å². The molecule has 0 bridgehead atoms. The Morgan fingerprint density at radius 3 is 2.64 bits per heavy atom. The standard InChI is InChI=1S/C9H18N2O3/c1-2-7(10)6-8(12)11-5-3-4-9(13)14/h7H,2-6,10H2,1H3,(H,11,12)(H,13,14). The predicted molar refractivity (Wildman–Crippen MR) is 52.8 cm³/mol. The number of amides is 1. The molecule has 0 saturated heterocycles. The Kier molecular flexibility index (Phi) is 6.74. The Balaban J connectivity index is 3.40. The van der Waals surface area contributed by atoms with E-state index in [0.717, 1.165) is 6.42 Å². The second-order valence-electron chi connectivity index (χ2n) is 3.22. The molecule has 5 nitrogen and oxygen atoms in total. The van der Waals surface area contributed by atoms with E-state index in [0.29, 0.717) is 19.4 Å². The molecule has 1 amide bonds. The van der Waals surface area contributed by atoms with Crippen molar-refractivity contribution in [1.29, 1.82) is 0 Å². The van der Waals surface area contributed by atoms with Gasteiger partial charge in [-0.15, -0.1) is 0 Å². The number of carboxylic acid groups (broad SMARTS) is 1. The van der Waals surface area contributed by atoms with Crippen molar-refractivity contribution in [2.45, 2.75) is 38.6 Å². The van der Waals surface area contributed by atoms with Gasteiger partial charge in [-0.3, -0.25) is 9.59 Å². The van der Waals surface area contributed by atoms with E-state index in [1.807, 2.05) is 6.92 Å². The smallest absolute Gasteiger partial charge is 0.303 e. The SMILES string of the molecule is CCC(N)CC(=O)NCCCC(=O)O. The molecule has 0 aliphatic carbocycles. The Morgan fingerprint density at radius 2 is 2.14 bits per heavy atom. The van der Waals surface area contributed by atoms with E-state index in [4.69, 9.17) is 10.8 Å². The molecule has 82 valence electrons. The Bertz CT molecular complexity index is 194. The van der Waals surface area contributed by atoms with Gasteiger partial charge in [0, 0.05) is 25.4 Å². The fraction of sp³-hybridized carbons (Fsp3) is 0.778. The average molecular weight is 202 g/mol. The highest BCUT2D eigenvalue weighted by Crippen LogP contribution is 1.93. The summed E-state index contributed by atoms with van der Waals surface area (Å²) in [5.41, 5.74) is 5.57. The van der Waals surface area contributed by atoms with Gasteiger partial charge in [-0.2, -0.15) is 0 Å². The molecular weight excluding hydrogens is 184 g/mol. The zero-order valence-electron chi connectivity index (χ0n) is 8.45. The fourth-order valence-electron chi connectivity index (χ4n) is 0.922. The summed E-state index contributed by atoms with van der Waals surface area (Å²) in [6.45, 7) is 2.32. The Hall–Kier alpha value is -1.10. The molecule has 4 N–H and O–H groups in total. The number of carbonyl (C=O) groups excluding carboxylic acids is 1. The van der Waals surface area contributed by atoms with E-state index in [1.165, 1.54) is 0 Å². The van der Waals surface area contributed by atoms with E-state index in [-0.39, 0.29) is 18.4 Å². The number of hydrogen-bond acceptors (Lipinski definition) is 3. The maximum absolute atomic E-state index is 11.1. The minimum absolute atomic E-state index is 0.0834. The third-order valence-electron chi connectivity index (χ3n) is 1.86. The molecule has 0 saturated carbocycles. The average Bonchev–Trinajstić information content (AvgIpc) is 2.12. The number of nitrogens with one attached hydrogen (secondary N) is 1. The molecule has 0 rings (SSSR count). The maximum atomic E-state index is 11.1. The van der Waals surface area contributed by atoms with Gasteiger partial charge in [-0.25, -0.2) is 0 Å². The molecule has 14 heavy (non-hydrogen) atoms. The highest BCUT2D eigenvalue weighted by Gasteiger charge is 2.06. The second kappa shape index (κ2) is 7.32. The lowest BCUT2D eigenvalue weighted by atomic mass is 10.1. The Labute approximate surface area is 83.7 Å². The minimum Gasteiger partial charge on any atom is -0.481 e. The third-order valence-corrected chi connectivity index (χ3v) is 1.86. The van der Waals surface area contributed by atoms with Crippen molar-refractivity contribution >= 4 is 11.9 Å². The third kappa shape index (κ3) is 7.54. The number of aliphatic carboxylic acids is 1. The van der Waals surface area contributed by atoms with Crippen LogP contribution in [0.2, 0.25) is 0 Å². The Morgan fingerprint density at radius 1 is 1.50 bits per heavy atom. The number of rotatable bonds is 7. The van der Waals surface area contributed by atoms with Crippen molar-refractivity contribution in [2.75, 3.05) is 6.54 Å². The first-order valence-corrected chi connectivity index (χ1v) is 4.80. The second-order valence-corrected chi connectivity index (χ2v) is 3.22. The first-order valence-electron chi connectivity index (χ1n) is 4.80. The van der Waals surface area contributed by atoms with E-state index in [9.17, 15) is 9.59 Å². The summed E-state index contributed by atoms with van der Waals surface area (Å²) in [6.07, 6.45) is 1.62. The van der Waals surface area contributed by atoms with Crippen LogP contribution in [0.25, 0.3) is 0 Å². The summed E-state index contributed by atoms with van der Waals surface area (Å²) in [7, 11) is 0. The molecule has 0 aliphatic heterocycles. The molecule has 0 aromatic rings. The van der Waals surface area contributed by atoms with Gasteiger partial charge in [0.1, 0.15) is 0 Å². The molecule has 0 radical (unpaired) electrons. The van der Waals surface area contributed by atoms with Crippen LogP contribution in [0, 0.1) is 0 Å². The zero-order chi connectivity index (χ0) is 11.0. The van der Waals surface area contributed by atoms with Crippen LogP contribution in [0.4, 0.5) is 0 Å². The van der Waals surface area contributed by atoms with Crippen molar-refractivity contribution in [3.05, 3.63) is 0 Å². The maximum Gasteiger partial charge on any atom is 0.303 e. The molecule has 0 aliphatic rings. The zero-order valence-corrected chi connectivity index (χ0v) is 8.45. The first-order chi connectivity index (χ1) is 6.56. The summed E-state index contributed by atoms with van der Waals surface area (Å²) in [6, 6.07) is -0.102. The van der Waals surface area contributed by atoms with Crippen molar-refractivity contribution in [1.82, 2.24) is 5.32 Å². The highest BCUT2D eigenvalue weighted by atomic mass is 16.4. The van der Waals surface area contributed by atoms with Crippen LogP contribution in [0.15, 0.2) is 0 Å². The number of hydrogen-bond donors (Lipinski definition) is 3. The summed E-state index contributed by atoms with van der Waals surface area (Å²) in [5, 5.41) is 11.0. The van der Waals surface area contributed by atoms with Gasteiger partial charge in [0.15, 0.2) is 0 Å². The fourth-order valence-corrected chi connectivity index (χ4v) is 0.922. The normalized spacial score (nSPS) is 12.1. The van der Waals surface area contributed by atoms with Crippen LogP contribution >= 0.6 is 0 Å². The van der Waals surface area contributed by atoms with E-state index in [1.54, 1.807) is 0 Å². The highest BCUT2D eigenvalue weighted by molar-refractivity contribution is 5.76. The first kappa shape index (κ1) is 12.9. The van der Waals surface area contributed by atoms with Crippen molar-refractivity contribution in [3.63, 3.8) is 0 Å². The molecule has 0 spiro atoms. The number of carboxylic acids is 1. The van der Waals surface area contributed by atoms with E-state index in [2.05, 4.69) is 5.32 Å². The van der Waals surface area contributed by atoms with Gasteiger partial charge in [0.2, 0.25) is 5.91 Å². The summed E-state index contributed by atoms with van der Waals surface area (Å²) in [4.78, 5) is 21.3. The van der Waals surface area contributed by atoms with Crippen LogP contribution in [0.1, 0.15) is 32.6 Å². The van der Waals surface area contributed by atoms with Gasteiger partial charge in [0.25, 0.3) is 0 Å². The van der Waals surface area contributed by atoms with Gasteiger partial charge in [-0.1, -0.05) is 6.92 Å². The van der Waals surface area contributed by atoms with Gasteiger partial charge >= 0.3 is 5.97 Å². The van der Waals surface area contributed by atoms with E-state index >= 15 is 0 Å².